The quantitative estimate of drug-likeness (QED) is 0.0153. The zero-order valence-electron chi connectivity index (χ0n) is 74.6. The molecule has 138 heavy (non-hydrogen) atoms. The maximum Gasteiger partial charge on any atom is 0.511 e. The molecule has 2 fully saturated rings. The summed E-state index contributed by atoms with van der Waals surface area (Å²) in [5, 5.41) is 2.57. The molecule has 4 aliphatic heterocycles. The van der Waals surface area contributed by atoms with E-state index < -0.39 is 191 Å². The maximum absolute atomic E-state index is 14.0. The van der Waals surface area contributed by atoms with Crippen LogP contribution in [0, 0.1) is 103 Å². The van der Waals surface area contributed by atoms with Gasteiger partial charge in [0, 0.05) is 185 Å². The number of nitrogens with two attached hydrogens (primary N) is 4. The lowest BCUT2D eigenvalue weighted by Gasteiger charge is -2.38. The highest BCUT2D eigenvalue weighted by molar-refractivity contribution is 7.90. The minimum absolute atomic E-state index is 0.00428. The molecule has 0 radical (unpaired) electrons. The van der Waals surface area contributed by atoms with Crippen LogP contribution in [-0.2, 0) is 132 Å². The van der Waals surface area contributed by atoms with Gasteiger partial charge >= 0.3 is 21.7 Å². The highest BCUT2D eigenvalue weighted by atomic mass is 32.2. The molecule has 4 aromatic carbocycles. The van der Waals surface area contributed by atoms with Gasteiger partial charge in [0.2, 0.25) is 49.6 Å². The minimum Gasteiger partial charge on any atom is -0.354 e. The fourth-order valence-corrected chi connectivity index (χ4v) is 19.4. The Morgan fingerprint density at radius 2 is 0.783 bits per heavy atom. The predicted octanol–water partition coefficient (Wildman–Crippen LogP) is 9.61. The first-order valence-electron chi connectivity index (χ1n) is 43.4. The molecule has 0 saturated heterocycles. The first kappa shape index (κ1) is 108. The van der Waals surface area contributed by atoms with Gasteiger partial charge in [0.15, 0.2) is 52.3 Å². The summed E-state index contributed by atoms with van der Waals surface area (Å²) in [5.41, 5.74) is 27.3. The van der Waals surface area contributed by atoms with Gasteiger partial charge in [0.1, 0.15) is 23.3 Å². The monoisotopic (exact) mass is 2020 g/mol. The molecule has 14 rings (SSSR count). The summed E-state index contributed by atoms with van der Waals surface area (Å²) >= 11 is 0. The Bertz CT molecular complexity index is 6210. The van der Waals surface area contributed by atoms with E-state index in [4.69, 9.17) is 22.9 Å². The summed E-state index contributed by atoms with van der Waals surface area (Å²) in [4.78, 5) is 87.5. The van der Waals surface area contributed by atoms with Crippen LogP contribution in [0.25, 0.3) is 0 Å². The molecule has 0 bridgehead atoms. The number of aromatic nitrogens is 4. The Morgan fingerprint density at radius 1 is 0.406 bits per heavy atom. The number of sulfonamides is 3. The standard InChI is InChI=1S/C24H27F3N4O2.C23H27F3N4O3S.C22H24F6N4O3S.C21H22F6N4O3S/c1-13-4-15-6-19(11-30-24(33)14-2-3-14)31(12-17(15)10-29-13)23(32)8-18(28)5-16-7-21(26)22(27)9-20(16)25;1-13-2-3-14-7-17(11-28-34(32,33)18-4-5-18)30(12-22(14)29-13)23(31)9-16(27)6-15-8-20(25)21(26)10-19(15)24;1-12-2-15-10-32(21(33)6-16(29)3-13-5-19(24)20(25)7-18(13)23)17(4-14(15)8-30-12)9-31-36(34,35)11-22(26,27)28;1-11-16-7-15(9-30-35(33,34)21(25,26)27)31(10-12(16)2-3-29-11)20(32)6-14(28)4-13-5-18(23)19(24)8-17(13)22/h4,7,9-10,14,18-19H,2-3,5-6,8,11-12,28H2,1H3,(H,30,33);2-3,8,10,16-18,28H,4-7,9,11-12,27H2,1H3;2,5,7-8,16-17,31H,3-4,6,9-11,29H2,1H3;2-3,5,8,14-15,30H,4,6-7,9-10,28H2,1H3/t18-,19+;2*16-,17+;14-,15+/m1111/s1. The first-order valence-corrected chi connectivity index (χ1v) is 48.1. The lowest BCUT2D eigenvalue weighted by Crippen LogP contribution is -2.52. The molecule has 750 valence electrons. The molecule has 12 N–H and O–H groups in total. The van der Waals surface area contributed by atoms with E-state index in [-0.39, 0.29) is 141 Å². The highest BCUT2D eigenvalue weighted by Gasteiger charge is 2.47. The van der Waals surface area contributed by atoms with E-state index in [2.05, 4.69) is 30.0 Å². The molecule has 27 nitrogen and oxygen atoms in total. The summed E-state index contributed by atoms with van der Waals surface area (Å²) in [5.74, 6) is -17.9. The van der Waals surface area contributed by atoms with Crippen LogP contribution in [0.3, 0.4) is 0 Å². The zero-order valence-corrected chi connectivity index (χ0v) is 77.0. The van der Waals surface area contributed by atoms with Crippen molar-refractivity contribution in [3.05, 3.63) is 257 Å². The molecule has 5 amide bonds. The van der Waals surface area contributed by atoms with Crippen LogP contribution >= 0.6 is 0 Å². The summed E-state index contributed by atoms with van der Waals surface area (Å²) in [6.45, 7) is 6.86. The molecule has 6 aliphatic rings. The van der Waals surface area contributed by atoms with E-state index in [1.807, 2.05) is 36.8 Å². The topological polar surface area (TPSA) is 404 Å². The van der Waals surface area contributed by atoms with Crippen LogP contribution in [0.15, 0.2) is 97.5 Å². The second kappa shape index (κ2) is 45.2. The van der Waals surface area contributed by atoms with Gasteiger partial charge in [-0.2, -0.15) is 26.3 Å². The third-order valence-electron chi connectivity index (χ3n) is 23.9. The lowest BCUT2D eigenvalue weighted by molar-refractivity contribution is -0.136. The Labute approximate surface area is 782 Å². The van der Waals surface area contributed by atoms with E-state index in [0.29, 0.717) is 103 Å². The van der Waals surface area contributed by atoms with E-state index in [1.54, 1.807) is 48.2 Å². The van der Waals surface area contributed by atoms with Crippen LogP contribution in [0.5, 0.6) is 0 Å². The molecule has 48 heteroatoms. The van der Waals surface area contributed by atoms with E-state index in [9.17, 15) is 128 Å². The molecular weight excluding hydrogens is 1920 g/mol. The van der Waals surface area contributed by atoms with Crippen LogP contribution in [0.1, 0.15) is 141 Å². The maximum atomic E-state index is 14.0. The largest absolute Gasteiger partial charge is 0.511 e. The number of carbonyl (C=O) groups excluding carboxylic acids is 5. The number of alkyl halides is 6. The number of amides is 5. The summed E-state index contributed by atoms with van der Waals surface area (Å²) < 4.78 is 316. The van der Waals surface area contributed by atoms with Gasteiger partial charge in [-0.25, -0.2) is 92.1 Å². The van der Waals surface area contributed by atoms with Gasteiger partial charge in [-0.05, 0) is 214 Å². The van der Waals surface area contributed by atoms with E-state index >= 15 is 0 Å². The Balaban J connectivity index is 0.000000176. The second-order valence-electron chi connectivity index (χ2n) is 35.0. The number of pyridine rings is 4. The summed E-state index contributed by atoms with van der Waals surface area (Å²) in [6, 6.07) is 7.46. The molecule has 0 unspecified atom stereocenters. The SMILES string of the molecule is Cc1cc2c(cn1)CN(C(=O)C[C@H](N)Cc1cc(F)c(F)cc1F)[C@H](CNC(=O)C1CC1)C2.Cc1cc2c(cn1)C[C@@H](CNS(=O)(=O)CC(F)(F)F)N(C(=O)C[C@H](N)Cc1cc(F)c(F)cc1F)C2.Cc1ccc2c(n1)CN(C(=O)C[C@H](N)Cc1cc(F)c(F)cc1F)[C@H](CNS(=O)(=O)C1CC1)C2.Cc1nccc2c1C[C@@H](CNS(=O)(=O)C(F)(F)F)N(C(=O)C[C@H](N)Cc1cc(F)c(F)cc1F)C2. The summed E-state index contributed by atoms with van der Waals surface area (Å²) in [6.07, 6.45) is 2.17. The molecule has 2 saturated carbocycles. The fraction of sp³-hybridized carbons (Fsp3) is 0.456. The first-order chi connectivity index (χ1) is 64.6. The van der Waals surface area contributed by atoms with Crippen molar-refractivity contribution in [1.82, 2.24) is 59.0 Å². The van der Waals surface area contributed by atoms with Crippen molar-refractivity contribution in [2.75, 3.05) is 31.9 Å². The third-order valence-corrected chi connectivity index (χ3v) is 28.3. The normalized spacial score (nSPS) is 18.0. The van der Waals surface area contributed by atoms with Crippen molar-refractivity contribution < 1.29 is 128 Å². The minimum atomic E-state index is -5.65. The number of fused-ring (bicyclic) bond motifs is 4. The number of hydrogen-bond donors (Lipinski definition) is 8. The molecule has 2 aliphatic carbocycles. The van der Waals surface area contributed by atoms with Crippen molar-refractivity contribution in [2.24, 2.45) is 28.9 Å². The van der Waals surface area contributed by atoms with E-state index in [0.717, 1.165) is 64.3 Å². The fourth-order valence-electron chi connectivity index (χ4n) is 16.4. The molecule has 4 aromatic heterocycles. The van der Waals surface area contributed by atoms with Crippen LogP contribution < -0.4 is 42.4 Å². The van der Waals surface area contributed by atoms with Crippen molar-refractivity contribution in [1.29, 1.82) is 0 Å². The molecule has 8 atom stereocenters. The second-order valence-corrected chi connectivity index (χ2v) is 40.6. The number of nitrogens with one attached hydrogen (secondary N) is 4. The van der Waals surface area contributed by atoms with Gasteiger partial charge < -0.3 is 47.9 Å². The van der Waals surface area contributed by atoms with Gasteiger partial charge in [0.05, 0.1) is 23.5 Å². The lowest BCUT2D eigenvalue weighted by atomic mass is 9.92. The number of halogens is 18. The highest BCUT2D eigenvalue weighted by Crippen LogP contribution is 2.35. The predicted molar refractivity (Wildman–Crippen MR) is 465 cm³/mol. The van der Waals surface area contributed by atoms with Crippen LogP contribution in [0.2, 0.25) is 0 Å². The number of aryl methyl sites for hydroxylation is 4. The number of benzene rings is 4. The Morgan fingerprint density at radius 3 is 1.22 bits per heavy atom. The van der Waals surface area contributed by atoms with Crippen LogP contribution in [0.4, 0.5) is 79.0 Å². The van der Waals surface area contributed by atoms with Gasteiger partial charge in [-0.1, -0.05) is 6.07 Å². The number of hydrogen-bond acceptors (Lipinski definition) is 19. The molecular formula is C90H100F18N16O11S3. The van der Waals surface area contributed by atoms with Crippen molar-refractivity contribution in [3.63, 3.8) is 0 Å². The Hall–Kier alpha value is -10.9. The van der Waals surface area contributed by atoms with Crippen molar-refractivity contribution >= 4 is 59.6 Å². The average Bonchev–Trinajstić information content (AvgIpc) is 0.812. The molecule has 8 aromatic rings. The van der Waals surface area contributed by atoms with Gasteiger partial charge in [-0.3, -0.25) is 43.9 Å². The van der Waals surface area contributed by atoms with Gasteiger partial charge in [-0.15, -0.1) is 0 Å². The number of nitrogens with zero attached hydrogens (tertiary/aromatic N) is 8. The van der Waals surface area contributed by atoms with Gasteiger partial charge in [0.25, 0.3) is 0 Å². The third kappa shape index (κ3) is 29.4. The molecule has 0 spiro atoms. The number of rotatable bonds is 30. The molecule has 8 heterocycles. The van der Waals surface area contributed by atoms with Crippen LogP contribution in [-0.4, -0.2) is 192 Å². The van der Waals surface area contributed by atoms with Crippen molar-refractivity contribution in [2.45, 2.75) is 222 Å². The van der Waals surface area contributed by atoms with E-state index in [1.165, 1.54) is 20.7 Å². The average molecular weight is 2020 g/mol. The zero-order chi connectivity index (χ0) is 101. The van der Waals surface area contributed by atoms with Crippen molar-refractivity contribution in [3.8, 4) is 0 Å². The Kier molecular flexibility index (Phi) is 35.2. The smallest absolute Gasteiger partial charge is 0.354 e. The summed E-state index contributed by atoms with van der Waals surface area (Å²) in [7, 11) is -13.8. The number of carbonyl (C=O) groups is 5.